The van der Waals surface area contributed by atoms with Gasteiger partial charge in [-0.05, 0) is 71.1 Å². The number of ether oxygens (including phenoxy) is 3. The number of methoxy groups -OCH3 is 1. The predicted octanol–water partition coefficient (Wildman–Crippen LogP) is 5.33. The van der Waals surface area contributed by atoms with Crippen LogP contribution >= 0.6 is 0 Å². The first kappa shape index (κ1) is 33.6. The normalized spacial score (nSPS) is 19.9. The highest BCUT2D eigenvalue weighted by atomic mass is 19.3. The monoisotopic (exact) mass is 650 g/mol. The molecule has 0 saturated carbocycles. The molecule has 250 valence electrons. The fourth-order valence-electron chi connectivity index (χ4n) is 5.64. The second-order valence-electron chi connectivity index (χ2n) is 12.8. The molecule has 0 radical (unpaired) electrons. The summed E-state index contributed by atoms with van der Waals surface area (Å²) in [5, 5.41) is 13.0. The van der Waals surface area contributed by atoms with Crippen molar-refractivity contribution in [1.29, 1.82) is 5.26 Å². The maximum atomic E-state index is 15.1. The number of piperidine rings is 1. The summed E-state index contributed by atoms with van der Waals surface area (Å²) in [7, 11) is 3.69. The van der Waals surface area contributed by atoms with Gasteiger partial charge in [0.2, 0.25) is 11.8 Å². The number of halogens is 2. The summed E-state index contributed by atoms with van der Waals surface area (Å²) >= 11 is 0. The van der Waals surface area contributed by atoms with Gasteiger partial charge in [-0.25, -0.2) is 23.5 Å². The van der Waals surface area contributed by atoms with E-state index in [-0.39, 0.29) is 30.2 Å². The number of aromatic nitrogens is 3. The molecule has 47 heavy (non-hydrogen) atoms. The summed E-state index contributed by atoms with van der Waals surface area (Å²) in [4.78, 5) is 31.4. The zero-order valence-electron chi connectivity index (χ0n) is 27.5. The number of nitriles is 1. The molecule has 4 heterocycles. The third-order valence-corrected chi connectivity index (χ3v) is 7.92. The molecule has 14 heteroatoms. The Bertz CT molecular complexity index is 1640. The van der Waals surface area contributed by atoms with Gasteiger partial charge in [-0.2, -0.15) is 10.2 Å². The standard InChI is InChI=1S/C33H40F2N8O4/c1-21-19-41(5)15-16-43(21)25-8-10-28(39-29(25)45-6)40-30-37-13-11-24(38-30)22-7-9-26(23(17-22)18-36)46-27-12-14-42(20-33(27,34)35)31(44)47-32(2,3)4/h7-11,13,17,21,27H,12,14-16,19-20H2,1-6H3,(H,37,38,39,40). The summed E-state index contributed by atoms with van der Waals surface area (Å²) in [5.41, 5.74) is 1.24. The molecule has 5 rings (SSSR count). The van der Waals surface area contributed by atoms with Crippen LogP contribution in [0.15, 0.2) is 42.6 Å². The molecule has 0 bridgehead atoms. The van der Waals surface area contributed by atoms with Crippen molar-refractivity contribution in [3.63, 3.8) is 0 Å². The van der Waals surface area contributed by atoms with Crippen molar-refractivity contribution in [3.8, 4) is 29.0 Å². The van der Waals surface area contributed by atoms with Gasteiger partial charge < -0.3 is 34.2 Å². The molecular weight excluding hydrogens is 610 g/mol. The van der Waals surface area contributed by atoms with E-state index in [2.05, 4.69) is 44.0 Å². The minimum absolute atomic E-state index is 0.0186. The topological polar surface area (TPSA) is 129 Å². The third kappa shape index (κ3) is 7.97. The molecule has 1 amide bonds. The van der Waals surface area contributed by atoms with Crippen molar-refractivity contribution in [2.75, 3.05) is 57.1 Å². The Morgan fingerprint density at radius 3 is 2.60 bits per heavy atom. The number of benzene rings is 1. The van der Waals surface area contributed by atoms with E-state index in [4.69, 9.17) is 14.2 Å². The first-order valence-corrected chi connectivity index (χ1v) is 15.4. The number of anilines is 3. The number of amides is 1. The maximum Gasteiger partial charge on any atom is 0.410 e. The van der Waals surface area contributed by atoms with Gasteiger partial charge in [0, 0.05) is 50.4 Å². The molecule has 2 atom stereocenters. The smallest absolute Gasteiger partial charge is 0.410 e. The number of carbonyl (C=O) groups is 1. The van der Waals surface area contributed by atoms with Gasteiger partial charge in [0.15, 0.2) is 6.10 Å². The van der Waals surface area contributed by atoms with E-state index in [1.165, 1.54) is 12.1 Å². The van der Waals surface area contributed by atoms with Gasteiger partial charge in [0.25, 0.3) is 0 Å². The predicted molar refractivity (Wildman–Crippen MR) is 172 cm³/mol. The molecule has 1 N–H and O–H groups in total. The number of piperazine rings is 1. The van der Waals surface area contributed by atoms with Gasteiger partial charge >= 0.3 is 12.0 Å². The number of carbonyl (C=O) groups excluding carboxylic acids is 1. The lowest BCUT2D eigenvalue weighted by Gasteiger charge is -2.40. The number of nitrogens with one attached hydrogen (secondary N) is 1. The van der Waals surface area contributed by atoms with E-state index < -0.39 is 30.3 Å². The molecule has 12 nitrogen and oxygen atoms in total. The van der Waals surface area contributed by atoms with Crippen molar-refractivity contribution in [1.82, 2.24) is 24.8 Å². The summed E-state index contributed by atoms with van der Waals surface area (Å²) < 4.78 is 46.7. The fourth-order valence-corrected chi connectivity index (χ4v) is 5.64. The molecule has 2 saturated heterocycles. The lowest BCUT2D eigenvalue weighted by Crippen LogP contribution is -2.56. The van der Waals surface area contributed by atoms with Crippen LogP contribution in [0.4, 0.5) is 31.0 Å². The first-order valence-electron chi connectivity index (χ1n) is 15.4. The van der Waals surface area contributed by atoms with Crippen molar-refractivity contribution >= 4 is 23.5 Å². The lowest BCUT2D eigenvalue weighted by molar-refractivity contribution is -0.137. The number of rotatable bonds is 7. The minimum atomic E-state index is -3.36. The number of likely N-dealkylation sites (N-methyl/N-ethyl adjacent to an activating group) is 1. The largest absolute Gasteiger partial charge is 0.483 e. The number of pyridine rings is 1. The fraction of sp³-hybridized carbons (Fsp3) is 0.485. The third-order valence-electron chi connectivity index (χ3n) is 7.92. The molecule has 2 unspecified atom stereocenters. The van der Waals surface area contributed by atoms with E-state index in [0.29, 0.717) is 29.0 Å². The van der Waals surface area contributed by atoms with E-state index in [0.717, 1.165) is 30.2 Å². The molecule has 2 aliphatic rings. The van der Waals surface area contributed by atoms with Gasteiger partial charge in [-0.3, -0.25) is 0 Å². The minimum Gasteiger partial charge on any atom is -0.483 e. The summed E-state index contributed by atoms with van der Waals surface area (Å²) in [5.74, 6) is -2.09. The van der Waals surface area contributed by atoms with Gasteiger partial charge in [0.05, 0.1) is 24.9 Å². The average Bonchev–Trinajstić information content (AvgIpc) is 3.01. The highest BCUT2D eigenvalue weighted by Gasteiger charge is 2.48. The Balaban J connectivity index is 1.28. The van der Waals surface area contributed by atoms with Crippen LogP contribution in [-0.4, -0.2) is 101 Å². The second kappa shape index (κ2) is 13.5. The van der Waals surface area contributed by atoms with Crippen LogP contribution in [0.3, 0.4) is 0 Å². The number of hydrogen-bond acceptors (Lipinski definition) is 11. The molecule has 0 aliphatic carbocycles. The summed E-state index contributed by atoms with van der Waals surface area (Å²) in [6, 6.07) is 12.5. The van der Waals surface area contributed by atoms with E-state index in [9.17, 15) is 10.1 Å². The van der Waals surface area contributed by atoms with Crippen molar-refractivity contribution in [3.05, 3.63) is 48.2 Å². The van der Waals surface area contributed by atoms with Crippen LogP contribution < -0.4 is 19.7 Å². The molecule has 2 fully saturated rings. The Morgan fingerprint density at radius 1 is 1.13 bits per heavy atom. The number of hydrogen-bond donors (Lipinski definition) is 1. The summed E-state index contributed by atoms with van der Waals surface area (Å²) in [6.45, 7) is 9.12. The van der Waals surface area contributed by atoms with Crippen LogP contribution in [-0.2, 0) is 4.74 Å². The zero-order valence-corrected chi connectivity index (χ0v) is 27.5. The zero-order chi connectivity index (χ0) is 33.9. The summed E-state index contributed by atoms with van der Waals surface area (Å²) in [6.07, 6.45) is -0.890. The van der Waals surface area contributed by atoms with Crippen LogP contribution in [0, 0.1) is 11.3 Å². The SMILES string of the molecule is COc1nc(Nc2nccc(-c3ccc(OC4CCN(C(=O)OC(C)(C)C)CC4(F)F)c(C#N)c3)n2)ccc1N1CCN(C)CC1C. The molecule has 0 spiro atoms. The van der Waals surface area contributed by atoms with E-state index >= 15 is 8.78 Å². The highest BCUT2D eigenvalue weighted by molar-refractivity contribution is 5.69. The Hall–Kier alpha value is -4.77. The van der Waals surface area contributed by atoms with Gasteiger partial charge in [-0.15, -0.1) is 0 Å². The Kier molecular flexibility index (Phi) is 9.67. The average molecular weight is 651 g/mol. The lowest BCUT2D eigenvalue weighted by atomic mass is 10.0. The number of nitrogens with zero attached hydrogens (tertiary/aromatic N) is 7. The van der Waals surface area contributed by atoms with Crippen LogP contribution in [0.1, 0.15) is 39.7 Å². The molecular formula is C33H40F2N8O4. The van der Waals surface area contributed by atoms with E-state index in [1.807, 2.05) is 18.2 Å². The van der Waals surface area contributed by atoms with Gasteiger partial charge in [0.1, 0.15) is 28.9 Å². The number of alkyl halides is 2. The first-order chi connectivity index (χ1) is 22.3. The van der Waals surface area contributed by atoms with Crippen molar-refractivity contribution in [2.45, 2.75) is 57.8 Å². The Morgan fingerprint density at radius 2 is 1.91 bits per heavy atom. The van der Waals surface area contributed by atoms with Crippen molar-refractivity contribution < 1.29 is 27.8 Å². The molecule has 1 aromatic carbocycles. The molecule has 2 aliphatic heterocycles. The van der Waals surface area contributed by atoms with Crippen LogP contribution in [0.5, 0.6) is 11.6 Å². The Labute approximate surface area is 273 Å². The van der Waals surface area contributed by atoms with Crippen LogP contribution in [0.25, 0.3) is 11.3 Å². The van der Waals surface area contributed by atoms with E-state index in [1.54, 1.807) is 46.2 Å². The van der Waals surface area contributed by atoms with Crippen LogP contribution in [0.2, 0.25) is 0 Å². The maximum absolute atomic E-state index is 15.1. The highest BCUT2D eigenvalue weighted by Crippen LogP contribution is 2.35. The van der Waals surface area contributed by atoms with Gasteiger partial charge in [-0.1, -0.05) is 0 Å². The quantitative estimate of drug-likeness (QED) is 0.357. The van der Waals surface area contributed by atoms with Crippen molar-refractivity contribution in [2.24, 2.45) is 0 Å². The second-order valence-corrected chi connectivity index (χ2v) is 12.8. The number of likely N-dealkylation sites (tertiary alicyclic amines) is 1. The molecule has 3 aromatic rings. The molecule has 2 aromatic heterocycles.